The first kappa shape index (κ1) is 17.5. The molecule has 2 amide bonds. The second-order valence-electron chi connectivity index (χ2n) is 7.99. The van der Waals surface area contributed by atoms with Gasteiger partial charge in [-0.3, -0.25) is 0 Å². The fourth-order valence-electron chi connectivity index (χ4n) is 4.26. The summed E-state index contributed by atoms with van der Waals surface area (Å²) in [6.45, 7) is 3.97. The van der Waals surface area contributed by atoms with Gasteiger partial charge in [0.05, 0.1) is 7.11 Å². The van der Waals surface area contributed by atoms with Crippen molar-refractivity contribution in [3.05, 3.63) is 53.6 Å². The van der Waals surface area contributed by atoms with Gasteiger partial charge in [0.2, 0.25) is 0 Å². The highest BCUT2D eigenvalue weighted by Gasteiger charge is 2.49. The number of nitrogens with one attached hydrogen (secondary N) is 2. The number of phenolic OH excluding ortho intramolecular Hbond substituents is 1. The van der Waals surface area contributed by atoms with Gasteiger partial charge in [0.25, 0.3) is 0 Å². The fraction of sp³-hybridized carbons (Fsp3) is 0.381. The van der Waals surface area contributed by atoms with Crippen molar-refractivity contribution in [3.63, 3.8) is 0 Å². The molecule has 0 saturated carbocycles. The lowest BCUT2D eigenvalue weighted by molar-refractivity contribution is -0.0236. The second-order valence-corrected chi connectivity index (χ2v) is 7.99. The second kappa shape index (κ2) is 6.08. The van der Waals surface area contributed by atoms with Crippen LogP contribution in [0.2, 0.25) is 0 Å². The number of rotatable bonds is 2. The summed E-state index contributed by atoms with van der Waals surface area (Å²) in [5, 5.41) is 15.9. The van der Waals surface area contributed by atoms with Crippen LogP contribution in [0, 0.1) is 0 Å². The van der Waals surface area contributed by atoms with E-state index in [-0.39, 0.29) is 17.7 Å². The largest absolute Gasteiger partial charge is 0.508 e. The molecule has 1 spiro atoms. The zero-order valence-electron chi connectivity index (χ0n) is 15.7. The van der Waals surface area contributed by atoms with E-state index in [1.54, 1.807) is 19.2 Å². The number of phenols is 1. The number of hydrogen-bond acceptors (Lipinski definition) is 4. The zero-order valence-corrected chi connectivity index (χ0v) is 15.7. The minimum atomic E-state index is -0.836. The molecular formula is C21H24N2O4. The maximum Gasteiger partial charge on any atom is 0.318 e. The van der Waals surface area contributed by atoms with E-state index in [0.29, 0.717) is 18.6 Å². The Morgan fingerprint density at radius 3 is 2.56 bits per heavy atom. The first-order chi connectivity index (χ1) is 12.8. The number of amides is 2. The van der Waals surface area contributed by atoms with Gasteiger partial charge in [-0.15, -0.1) is 0 Å². The summed E-state index contributed by atoms with van der Waals surface area (Å²) >= 11 is 0. The molecule has 0 bridgehead atoms. The van der Waals surface area contributed by atoms with Crippen LogP contribution in [0.15, 0.2) is 42.5 Å². The normalized spacial score (nSPS) is 25.7. The maximum absolute atomic E-state index is 12.3. The van der Waals surface area contributed by atoms with Crippen LogP contribution in [0.4, 0.5) is 4.79 Å². The molecule has 6 nitrogen and oxygen atoms in total. The Bertz CT molecular complexity index is 878. The Hall–Kier alpha value is -2.89. The Kier molecular flexibility index (Phi) is 3.94. The minimum absolute atomic E-state index is 0.0226. The van der Waals surface area contributed by atoms with Gasteiger partial charge in [0, 0.05) is 35.9 Å². The maximum atomic E-state index is 12.3. The van der Waals surface area contributed by atoms with E-state index >= 15 is 0 Å². The van der Waals surface area contributed by atoms with Gasteiger partial charge in [-0.05, 0) is 37.6 Å². The lowest BCUT2D eigenvalue weighted by Gasteiger charge is -2.49. The van der Waals surface area contributed by atoms with Crippen molar-refractivity contribution in [2.45, 2.75) is 43.9 Å². The number of urea groups is 1. The summed E-state index contributed by atoms with van der Waals surface area (Å²) in [4.78, 5) is 12.3. The highest BCUT2D eigenvalue weighted by atomic mass is 16.5. The van der Waals surface area contributed by atoms with Crippen molar-refractivity contribution in [2.75, 3.05) is 7.11 Å². The molecule has 4 rings (SSSR count). The lowest BCUT2D eigenvalue weighted by Crippen LogP contribution is -2.69. The molecule has 6 heteroatoms. The number of carbonyl (C=O) groups is 1. The molecule has 2 aliphatic rings. The number of hydrogen-bond donors (Lipinski definition) is 3. The SMILES string of the molecule is COc1ccc([C@H]2C[C@@]3(CC(C)(C)NC(=O)N3)Oc3cc(O)ccc32)cc1. The van der Waals surface area contributed by atoms with E-state index in [0.717, 1.165) is 16.9 Å². The molecule has 0 aliphatic carbocycles. The standard InChI is InChI=1S/C21H24N2O4/c1-20(2)12-21(23-19(25)22-20)11-17(13-4-7-15(26-3)8-5-13)16-9-6-14(24)10-18(16)27-21/h4-10,17,24H,11-12H2,1-3H3,(H2,22,23,25)/t17-,21+/m1/s1. The Morgan fingerprint density at radius 1 is 1.15 bits per heavy atom. The molecule has 0 unspecified atom stereocenters. The molecule has 27 heavy (non-hydrogen) atoms. The molecule has 142 valence electrons. The quantitative estimate of drug-likeness (QED) is 0.758. The van der Waals surface area contributed by atoms with Crippen LogP contribution in [0.25, 0.3) is 0 Å². The highest BCUT2D eigenvalue weighted by molar-refractivity contribution is 5.77. The molecular weight excluding hydrogens is 344 g/mol. The minimum Gasteiger partial charge on any atom is -0.508 e. The molecule has 1 saturated heterocycles. The monoisotopic (exact) mass is 368 g/mol. The molecule has 1 fully saturated rings. The van der Waals surface area contributed by atoms with Crippen molar-refractivity contribution in [1.82, 2.24) is 10.6 Å². The average molecular weight is 368 g/mol. The molecule has 2 aromatic rings. The smallest absolute Gasteiger partial charge is 0.318 e. The van der Waals surface area contributed by atoms with Gasteiger partial charge >= 0.3 is 6.03 Å². The van der Waals surface area contributed by atoms with Gasteiger partial charge in [0.1, 0.15) is 17.2 Å². The predicted molar refractivity (Wildman–Crippen MR) is 101 cm³/mol. The summed E-state index contributed by atoms with van der Waals surface area (Å²) in [5.41, 5.74) is 0.864. The summed E-state index contributed by atoms with van der Waals surface area (Å²) in [6, 6.07) is 12.9. The van der Waals surface area contributed by atoms with Crippen molar-refractivity contribution in [2.24, 2.45) is 0 Å². The van der Waals surface area contributed by atoms with Crippen LogP contribution >= 0.6 is 0 Å². The van der Waals surface area contributed by atoms with Crippen molar-refractivity contribution >= 4 is 6.03 Å². The number of benzene rings is 2. The predicted octanol–water partition coefficient (Wildman–Crippen LogP) is 3.49. The van der Waals surface area contributed by atoms with E-state index in [1.807, 2.05) is 44.2 Å². The molecule has 3 N–H and O–H groups in total. The van der Waals surface area contributed by atoms with Gasteiger partial charge in [0.15, 0.2) is 5.72 Å². The highest BCUT2D eigenvalue weighted by Crippen LogP contribution is 2.47. The fourth-order valence-corrected chi connectivity index (χ4v) is 4.26. The Labute approximate surface area is 158 Å². The van der Waals surface area contributed by atoms with Gasteiger partial charge in [-0.25, -0.2) is 4.79 Å². The van der Waals surface area contributed by atoms with Crippen LogP contribution < -0.4 is 20.1 Å². The first-order valence-electron chi connectivity index (χ1n) is 9.05. The number of fused-ring (bicyclic) bond motifs is 1. The van der Waals surface area contributed by atoms with Crippen LogP contribution in [0.1, 0.15) is 43.7 Å². The van der Waals surface area contributed by atoms with E-state index in [1.165, 1.54) is 0 Å². The molecule has 2 aliphatic heterocycles. The number of ether oxygens (including phenoxy) is 2. The first-order valence-corrected chi connectivity index (χ1v) is 9.05. The Morgan fingerprint density at radius 2 is 1.89 bits per heavy atom. The van der Waals surface area contributed by atoms with E-state index < -0.39 is 11.3 Å². The zero-order chi connectivity index (χ0) is 19.2. The van der Waals surface area contributed by atoms with Crippen LogP contribution in [-0.2, 0) is 0 Å². The molecule has 0 aromatic heterocycles. The topological polar surface area (TPSA) is 79.8 Å². The van der Waals surface area contributed by atoms with E-state index in [9.17, 15) is 9.90 Å². The van der Waals surface area contributed by atoms with Gasteiger partial charge < -0.3 is 25.2 Å². The Balaban J connectivity index is 1.79. The average Bonchev–Trinajstić information content (AvgIpc) is 2.58. The number of aromatic hydroxyl groups is 1. The van der Waals surface area contributed by atoms with E-state index in [4.69, 9.17) is 9.47 Å². The summed E-state index contributed by atoms with van der Waals surface area (Å²) in [5.74, 6) is 1.55. The summed E-state index contributed by atoms with van der Waals surface area (Å²) in [6.07, 6.45) is 1.21. The third-order valence-electron chi connectivity index (χ3n) is 5.25. The van der Waals surface area contributed by atoms with Gasteiger partial charge in [-0.1, -0.05) is 18.2 Å². The summed E-state index contributed by atoms with van der Waals surface area (Å²) < 4.78 is 11.6. The van der Waals surface area contributed by atoms with Crippen molar-refractivity contribution in [3.8, 4) is 17.2 Å². The lowest BCUT2D eigenvalue weighted by atomic mass is 9.77. The molecule has 2 atom stereocenters. The van der Waals surface area contributed by atoms with Crippen molar-refractivity contribution < 1.29 is 19.4 Å². The van der Waals surface area contributed by atoms with Crippen LogP contribution in [0.5, 0.6) is 17.2 Å². The molecule has 0 radical (unpaired) electrons. The number of methoxy groups -OCH3 is 1. The van der Waals surface area contributed by atoms with Crippen LogP contribution in [0.3, 0.4) is 0 Å². The molecule has 2 heterocycles. The van der Waals surface area contributed by atoms with Crippen molar-refractivity contribution in [1.29, 1.82) is 0 Å². The molecule has 2 aromatic carbocycles. The number of carbonyl (C=O) groups excluding carboxylic acids is 1. The summed E-state index contributed by atoms with van der Waals surface area (Å²) in [7, 11) is 1.64. The van der Waals surface area contributed by atoms with Crippen LogP contribution in [-0.4, -0.2) is 29.5 Å². The van der Waals surface area contributed by atoms with Gasteiger partial charge in [-0.2, -0.15) is 0 Å². The third kappa shape index (κ3) is 3.27. The third-order valence-corrected chi connectivity index (χ3v) is 5.25. The van der Waals surface area contributed by atoms with E-state index in [2.05, 4.69) is 10.6 Å².